The van der Waals surface area contributed by atoms with Gasteiger partial charge >= 0.3 is 0 Å². The van der Waals surface area contributed by atoms with Crippen LogP contribution in [0, 0.1) is 0 Å². The molecule has 0 aliphatic heterocycles. The Morgan fingerprint density at radius 1 is 1.33 bits per heavy atom. The van der Waals surface area contributed by atoms with E-state index < -0.39 is 5.69 Å². The molecule has 0 N–H and O–H groups in total. The molecule has 1 unspecified atom stereocenters. The fraction of sp³-hybridized carbons (Fsp3) is 0.400. The number of hydrogen-bond donors (Lipinski definition) is 1. The van der Waals surface area contributed by atoms with Crippen molar-refractivity contribution in [2.45, 2.75) is 19.8 Å². The molecule has 2 nitrogen and oxygen atoms in total. The lowest BCUT2D eigenvalue weighted by Gasteiger charge is -2.17. The second-order valence-electron chi connectivity index (χ2n) is 3.06. The molecular weight excluding hydrogens is 247 g/mol. The second-order valence-corrected chi connectivity index (χ2v) is 8.27. The maximum atomic E-state index is 5.52. The van der Waals surface area contributed by atoms with Crippen LogP contribution in [-0.2, 0) is 16.3 Å². The highest BCUT2D eigenvalue weighted by Gasteiger charge is 2.13. The Hall–Kier alpha value is -0.0200. The van der Waals surface area contributed by atoms with Gasteiger partial charge in [-0.1, -0.05) is 43.8 Å². The van der Waals surface area contributed by atoms with Gasteiger partial charge in [0.25, 0.3) is 5.69 Å². The minimum atomic E-state index is -2.42. The molecule has 0 saturated heterocycles. The predicted octanol–water partition coefficient (Wildman–Crippen LogP) is 4.04. The molecule has 15 heavy (non-hydrogen) atoms. The summed E-state index contributed by atoms with van der Waals surface area (Å²) in [6.07, 6.45) is 2.06. The molecule has 0 saturated carbocycles. The molecule has 0 spiro atoms. The van der Waals surface area contributed by atoms with Crippen LogP contribution >= 0.6 is 17.9 Å². The lowest BCUT2D eigenvalue weighted by Crippen LogP contribution is -1.94. The standard InChI is InChI=1S/C10H15O2PS2/c1-2-3-9-11-13(14,15)12-10-7-5-4-6-8-10/h4-8H,2-3,9H2,1H3,(H,14,15). The van der Waals surface area contributed by atoms with Gasteiger partial charge in [0.15, 0.2) is 0 Å². The highest BCUT2D eigenvalue weighted by molar-refractivity contribution is 8.60. The van der Waals surface area contributed by atoms with E-state index in [0.29, 0.717) is 12.4 Å². The summed E-state index contributed by atoms with van der Waals surface area (Å²) in [5.41, 5.74) is -2.42. The molecule has 0 fully saturated rings. The first-order chi connectivity index (χ1) is 7.14. The summed E-state index contributed by atoms with van der Waals surface area (Å²) in [4.78, 5) is 0. The third kappa shape index (κ3) is 5.57. The zero-order chi connectivity index (χ0) is 11.1. The molecule has 1 rings (SSSR count). The second kappa shape index (κ2) is 6.54. The van der Waals surface area contributed by atoms with Gasteiger partial charge in [-0.15, -0.1) is 0 Å². The van der Waals surface area contributed by atoms with E-state index in [1.807, 2.05) is 30.3 Å². The van der Waals surface area contributed by atoms with Gasteiger partial charge in [0, 0.05) is 0 Å². The predicted molar refractivity (Wildman–Crippen MR) is 71.2 cm³/mol. The van der Waals surface area contributed by atoms with Crippen molar-refractivity contribution < 1.29 is 9.05 Å². The van der Waals surface area contributed by atoms with Gasteiger partial charge in [-0.3, -0.25) is 0 Å². The molecule has 0 aliphatic rings. The Bertz CT molecular complexity index is 329. The van der Waals surface area contributed by atoms with E-state index in [1.54, 1.807) is 0 Å². The summed E-state index contributed by atoms with van der Waals surface area (Å²) < 4.78 is 11.0. The number of unbranched alkanes of at least 4 members (excludes halogenated alkanes) is 1. The minimum absolute atomic E-state index is 0.615. The van der Waals surface area contributed by atoms with Gasteiger partial charge in [0.1, 0.15) is 5.75 Å². The van der Waals surface area contributed by atoms with E-state index in [-0.39, 0.29) is 0 Å². The highest BCUT2D eigenvalue weighted by atomic mass is 32.9. The molecular formula is C10H15O2PS2. The number of thiol groups is 1. The van der Waals surface area contributed by atoms with Crippen molar-refractivity contribution in [1.82, 2.24) is 0 Å². The van der Waals surface area contributed by atoms with Gasteiger partial charge in [-0.05, 0) is 30.4 Å². The van der Waals surface area contributed by atoms with Crippen molar-refractivity contribution in [2.24, 2.45) is 0 Å². The number of hydrogen-bond acceptors (Lipinski definition) is 3. The smallest absolute Gasteiger partial charge is 0.294 e. The fourth-order valence-electron chi connectivity index (χ4n) is 0.965. The molecule has 84 valence electrons. The van der Waals surface area contributed by atoms with Gasteiger partial charge < -0.3 is 9.05 Å². The normalized spacial score (nSPS) is 14.5. The Labute approximate surface area is 101 Å². The summed E-state index contributed by atoms with van der Waals surface area (Å²) in [5.74, 6) is 0.715. The van der Waals surface area contributed by atoms with E-state index in [9.17, 15) is 0 Å². The molecule has 0 aromatic heterocycles. The van der Waals surface area contributed by atoms with E-state index in [4.69, 9.17) is 20.9 Å². The summed E-state index contributed by atoms with van der Waals surface area (Å²) in [6, 6.07) is 9.41. The average molecular weight is 262 g/mol. The van der Waals surface area contributed by atoms with Gasteiger partial charge in [-0.2, -0.15) is 0 Å². The van der Waals surface area contributed by atoms with Crippen LogP contribution in [-0.4, -0.2) is 6.61 Å². The molecule has 1 atom stereocenters. The van der Waals surface area contributed by atoms with Gasteiger partial charge in [-0.25, -0.2) is 0 Å². The molecule has 5 heteroatoms. The van der Waals surface area contributed by atoms with Gasteiger partial charge in [0.05, 0.1) is 6.61 Å². The first kappa shape index (κ1) is 13.0. The molecule has 0 aliphatic carbocycles. The van der Waals surface area contributed by atoms with Crippen molar-refractivity contribution in [2.75, 3.05) is 6.61 Å². The van der Waals surface area contributed by atoms with Crippen LogP contribution in [0.4, 0.5) is 0 Å². The minimum Gasteiger partial charge on any atom is -0.436 e. The number of benzene rings is 1. The highest BCUT2D eigenvalue weighted by Crippen LogP contribution is 2.53. The summed E-state index contributed by atoms with van der Waals surface area (Å²) >= 11 is 9.42. The Kier molecular flexibility index (Phi) is 5.69. The Balaban J connectivity index is 2.46. The Morgan fingerprint density at radius 3 is 2.60 bits per heavy atom. The average Bonchev–Trinajstić information content (AvgIpc) is 2.18. The van der Waals surface area contributed by atoms with Crippen LogP contribution < -0.4 is 4.52 Å². The van der Waals surface area contributed by atoms with Crippen molar-refractivity contribution >= 4 is 29.7 Å². The molecule has 0 amide bonds. The summed E-state index contributed by atoms with van der Waals surface area (Å²) in [5, 5.41) is 0. The van der Waals surface area contributed by atoms with Gasteiger partial charge in [0.2, 0.25) is 0 Å². The zero-order valence-electron chi connectivity index (χ0n) is 8.63. The fourth-order valence-corrected chi connectivity index (χ4v) is 2.78. The van der Waals surface area contributed by atoms with Crippen molar-refractivity contribution in [3.63, 3.8) is 0 Å². The maximum absolute atomic E-state index is 5.52. The first-order valence-electron chi connectivity index (χ1n) is 4.86. The summed E-state index contributed by atoms with van der Waals surface area (Å²) in [7, 11) is 0. The lowest BCUT2D eigenvalue weighted by atomic mass is 10.3. The largest absolute Gasteiger partial charge is 0.436 e. The van der Waals surface area contributed by atoms with Crippen LogP contribution in [0.5, 0.6) is 5.75 Å². The van der Waals surface area contributed by atoms with Crippen molar-refractivity contribution in [1.29, 1.82) is 0 Å². The van der Waals surface area contributed by atoms with Crippen LogP contribution in [0.2, 0.25) is 0 Å². The van der Waals surface area contributed by atoms with Crippen LogP contribution in [0.25, 0.3) is 0 Å². The molecule has 0 radical (unpaired) electrons. The SMILES string of the molecule is CCCCOP(=S)(S)Oc1ccccc1. The maximum Gasteiger partial charge on any atom is 0.294 e. The third-order valence-electron chi connectivity index (χ3n) is 1.72. The van der Waals surface area contributed by atoms with Crippen LogP contribution in [0.1, 0.15) is 19.8 Å². The number of para-hydroxylation sites is 1. The lowest BCUT2D eigenvalue weighted by molar-refractivity contribution is 0.316. The quantitative estimate of drug-likeness (QED) is 0.474. The number of rotatable bonds is 6. The van der Waals surface area contributed by atoms with E-state index >= 15 is 0 Å². The van der Waals surface area contributed by atoms with Crippen molar-refractivity contribution in [3.05, 3.63) is 30.3 Å². The molecule has 1 aromatic carbocycles. The zero-order valence-corrected chi connectivity index (χ0v) is 11.2. The third-order valence-corrected chi connectivity index (χ3v) is 3.80. The molecule has 1 aromatic rings. The topological polar surface area (TPSA) is 18.5 Å². The molecule has 0 heterocycles. The van der Waals surface area contributed by atoms with Crippen LogP contribution in [0.15, 0.2) is 30.3 Å². The first-order valence-corrected chi connectivity index (χ1v) is 8.65. The van der Waals surface area contributed by atoms with E-state index in [2.05, 4.69) is 19.2 Å². The monoisotopic (exact) mass is 262 g/mol. The van der Waals surface area contributed by atoms with E-state index in [1.165, 1.54) is 0 Å². The van der Waals surface area contributed by atoms with Crippen LogP contribution in [0.3, 0.4) is 0 Å². The van der Waals surface area contributed by atoms with E-state index in [0.717, 1.165) is 12.8 Å². The molecule has 0 bridgehead atoms. The Morgan fingerprint density at radius 2 is 2.00 bits per heavy atom. The summed E-state index contributed by atoms with van der Waals surface area (Å²) in [6.45, 7) is 2.72. The van der Waals surface area contributed by atoms with Crippen molar-refractivity contribution in [3.8, 4) is 5.75 Å².